The smallest absolute Gasteiger partial charge is 0.207 e. The Morgan fingerprint density at radius 1 is 1.10 bits per heavy atom. The molecule has 3 rings (SSSR count). The van der Waals surface area contributed by atoms with E-state index in [-0.39, 0.29) is 24.0 Å². The largest absolute Gasteiger partial charge is 1.00 e. The van der Waals surface area contributed by atoms with Gasteiger partial charge >= 0.3 is 0 Å². The number of nitrogens with zero attached hydrogens (tertiary/aromatic N) is 2. The Kier molecular flexibility index (Phi) is 4.83. The van der Waals surface area contributed by atoms with Crippen LogP contribution in [0.25, 0.3) is 12.2 Å². The topological polar surface area (TPSA) is 7.12 Å². The summed E-state index contributed by atoms with van der Waals surface area (Å²) in [6, 6.07) is 12.8. The summed E-state index contributed by atoms with van der Waals surface area (Å²) < 4.78 is 2.12. The van der Waals surface area contributed by atoms with Gasteiger partial charge < -0.3 is 28.9 Å². The van der Waals surface area contributed by atoms with Crippen molar-refractivity contribution < 1.29 is 28.5 Å². The van der Waals surface area contributed by atoms with Crippen LogP contribution in [0.15, 0.2) is 54.4 Å². The third-order valence-corrected chi connectivity index (χ3v) is 3.76. The van der Waals surface area contributed by atoms with Crippen molar-refractivity contribution in [2.45, 2.75) is 6.92 Å². The molecule has 0 fully saturated rings. The van der Waals surface area contributed by atoms with E-state index in [1.165, 1.54) is 28.2 Å². The molecule has 108 valence electrons. The molecule has 1 aromatic carbocycles. The molecule has 0 unspecified atom stereocenters. The number of hydrogen-bond donors (Lipinski definition) is 0. The van der Waals surface area contributed by atoms with Gasteiger partial charge in [0.05, 0.1) is 0 Å². The first-order chi connectivity index (χ1) is 9.65. The Labute approximate surface area is 143 Å². The first-order valence-electron chi connectivity index (χ1n) is 6.84. The summed E-state index contributed by atoms with van der Waals surface area (Å²) >= 11 is 0. The van der Waals surface area contributed by atoms with E-state index in [2.05, 4.69) is 85.2 Å². The fourth-order valence-corrected chi connectivity index (χ4v) is 2.52. The summed E-state index contributed by atoms with van der Waals surface area (Å²) in [4.78, 5) is 2.24. The first-order valence-corrected chi connectivity index (χ1v) is 6.84. The number of pyridine rings is 1. The van der Waals surface area contributed by atoms with Crippen LogP contribution in [0.4, 0.5) is 5.69 Å². The normalized spacial score (nSPS) is 14.8. The number of halogens is 1. The Morgan fingerprint density at radius 3 is 2.67 bits per heavy atom. The second kappa shape index (κ2) is 6.43. The lowest BCUT2D eigenvalue weighted by Gasteiger charge is -2.26. The minimum atomic E-state index is 0. The molecule has 0 bridgehead atoms. The summed E-state index contributed by atoms with van der Waals surface area (Å²) in [7, 11) is 4.18. The second-order valence-electron chi connectivity index (χ2n) is 5.26. The van der Waals surface area contributed by atoms with Crippen LogP contribution in [-0.2, 0) is 7.05 Å². The lowest BCUT2D eigenvalue weighted by Crippen LogP contribution is -3.00. The van der Waals surface area contributed by atoms with Gasteiger partial charge in [-0.25, -0.2) is 4.57 Å². The van der Waals surface area contributed by atoms with Gasteiger partial charge in [-0.15, -0.1) is 0 Å². The second-order valence-corrected chi connectivity index (χ2v) is 5.26. The first kappa shape index (κ1) is 15.8. The van der Waals surface area contributed by atoms with Gasteiger partial charge in [-0.1, -0.05) is 17.7 Å². The van der Waals surface area contributed by atoms with Crippen molar-refractivity contribution in [2.75, 3.05) is 11.9 Å². The van der Waals surface area contributed by atoms with Crippen LogP contribution in [0.1, 0.15) is 16.8 Å². The molecule has 2 nitrogen and oxygen atoms in total. The maximum Gasteiger partial charge on any atom is 0.207 e. The summed E-state index contributed by atoms with van der Waals surface area (Å²) in [5.74, 6) is 0. The standard InChI is InChI=1S/C18H19N2.HI/c1-14-7-10-18-15(12-14)8-9-17(20(18)3)13-16-6-4-5-11-19(16)2;/h4-13H,1-3H3;1H/q+1;/p-1. The molecule has 1 aliphatic heterocycles. The van der Waals surface area contributed by atoms with E-state index in [1.54, 1.807) is 0 Å². The van der Waals surface area contributed by atoms with Crippen molar-refractivity contribution in [1.82, 2.24) is 0 Å². The van der Waals surface area contributed by atoms with Crippen LogP contribution in [0.3, 0.4) is 0 Å². The maximum absolute atomic E-state index is 2.24. The molecule has 0 saturated carbocycles. The van der Waals surface area contributed by atoms with Gasteiger partial charge in [0.15, 0.2) is 6.20 Å². The highest BCUT2D eigenvalue weighted by atomic mass is 127. The summed E-state index contributed by atoms with van der Waals surface area (Å²) in [6.07, 6.45) is 8.64. The monoisotopic (exact) mass is 390 g/mol. The Bertz CT molecular complexity index is 717. The SMILES string of the molecule is Cc1ccc2c(c1)C=C/C(=C\c1cccc[n+]1C)N2C.[I-]. The molecule has 1 aliphatic rings. The van der Waals surface area contributed by atoms with Gasteiger partial charge in [0.1, 0.15) is 7.05 Å². The summed E-state index contributed by atoms with van der Waals surface area (Å²) in [5, 5.41) is 0. The average molecular weight is 390 g/mol. The zero-order valence-corrected chi connectivity index (χ0v) is 14.7. The van der Waals surface area contributed by atoms with Gasteiger partial charge in [-0.05, 0) is 36.8 Å². The Balaban J connectivity index is 0.00000161. The highest BCUT2D eigenvalue weighted by Crippen LogP contribution is 2.30. The lowest BCUT2D eigenvalue weighted by molar-refractivity contribution is -0.673. The van der Waals surface area contributed by atoms with Crippen molar-refractivity contribution in [3.8, 4) is 0 Å². The van der Waals surface area contributed by atoms with Crippen LogP contribution in [0.2, 0.25) is 0 Å². The predicted molar refractivity (Wildman–Crippen MR) is 84.2 cm³/mol. The highest BCUT2D eigenvalue weighted by Gasteiger charge is 2.15. The van der Waals surface area contributed by atoms with Gasteiger partial charge in [0, 0.05) is 36.6 Å². The molecule has 21 heavy (non-hydrogen) atoms. The number of aromatic nitrogens is 1. The summed E-state index contributed by atoms with van der Waals surface area (Å²) in [5.41, 5.74) is 6.21. The molecular formula is C18H19IN2. The number of allylic oxidation sites excluding steroid dienone is 1. The van der Waals surface area contributed by atoms with E-state index in [9.17, 15) is 0 Å². The quantitative estimate of drug-likeness (QED) is 0.503. The molecule has 3 heteroatoms. The van der Waals surface area contributed by atoms with Crippen LogP contribution >= 0.6 is 0 Å². The van der Waals surface area contributed by atoms with E-state index in [1.807, 2.05) is 6.07 Å². The van der Waals surface area contributed by atoms with E-state index in [0.717, 1.165) is 0 Å². The van der Waals surface area contributed by atoms with Gasteiger partial charge in [0.2, 0.25) is 5.69 Å². The number of anilines is 1. The highest BCUT2D eigenvalue weighted by molar-refractivity contribution is 5.79. The van der Waals surface area contributed by atoms with Crippen molar-refractivity contribution in [3.63, 3.8) is 0 Å². The van der Waals surface area contributed by atoms with Crippen LogP contribution in [-0.4, -0.2) is 7.05 Å². The van der Waals surface area contributed by atoms with Gasteiger partial charge in [-0.3, -0.25) is 0 Å². The van der Waals surface area contributed by atoms with Crippen molar-refractivity contribution >= 4 is 17.8 Å². The lowest BCUT2D eigenvalue weighted by atomic mass is 10.0. The van der Waals surface area contributed by atoms with E-state index in [4.69, 9.17) is 0 Å². The van der Waals surface area contributed by atoms with Crippen LogP contribution in [0, 0.1) is 6.92 Å². The number of hydrogen-bond acceptors (Lipinski definition) is 1. The molecule has 1 aromatic heterocycles. The number of likely N-dealkylation sites (N-methyl/N-ethyl adjacent to an activating group) is 1. The fourth-order valence-electron chi connectivity index (χ4n) is 2.52. The van der Waals surface area contributed by atoms with E-state index in [0.29, 0.717) is 0 Å². The molecule has 2 aromatic rings. The van der Waals surface area contributed by atoms with Gasteiger partial charge in [0.25, 0.3) is 0 Å². The van der Waals surface area contributed by atoms with Crippen molar-refractivity contribution in [1.29, 1.82) is 0 Å². The molecule has 2 heterocycles. The van der Waals surface area contributed by atoms with E-state index >= 15 is 0 Å². The van der Waals surface area contributed by atoms with Crippen molar-refractivity contribution in [2.24, 2.45) is 7.05 Å². The number of aryl methyl sites for hydroxylation is 2. The van der Waals surface area contributed by atoms with Crippen molar-refractivity contribution in [3.05, 3.63) is 71.2 Å². The number of fused-ring (bicyclic) bond motifs is 1. The zero-order valence-electron chi connectivity index (χ0n) is 12.5. The molecule has 0 saturated heterocycles. The molecule has 0 radical (unpaired) electrons. The van der Waals surface area contributed by atoms with Crippen LogP contribution in [0.5, 0.6) is 0 Å². The number of benzene rings is 1. The van der Waals surface area contributed by atoms with Gasteiger partial charge in [-0.2, -0.15) is 0 Å². The fraction of sp³-hybridized carbons (Fsp3) is 0.167. The third-order valence-electron chi connectivity index (χ3n) is 3.76. The zero-order chi connectivity index (χ0) is 14.1. The molecule has 0 atom stereocenters. The summed E-state index contributed by atoms with van der Waals surface area (Å²) in [6.45, 7) is 2.13. The predicted octanol–water partition coefficient (Wildman–Crippen LogP) is 0.328. The molecular weight excluding hydrogens is 371 g/mol. The molecule has 0 aliphatic carbocycles. The molecule has 0 amide bonds. The van der Waals surface area contributed by atoms with Crippen LogP contribution < -0.4 is 33.4 Å². The minimum Gasteiger partial charge on any atom is -1.00 e. The third kappa shape index (κ3) is 3.18. The molecule has 0 N–H and O–H groups in total. The molecule has 0 spiro atoms. The minimum absolute atomic E-state index is 0. The Hall–Kier alpha value is -1.62. The average Bonchev–Trinajstić information content (AvgIpc) is 2.44. The van der Waals surface area contributed by atoms with E-state index < -0.39 is 0 Å². The Morgan fingerprint density at radius 2 is 1.90 bits per heavy atom. The maximum atomic E-state index is 2.24. The number of rotatable bonds is 1.